The van der Waals surface area contributed by atoms with Crippen LogP contribution >= 0.6 is 0 Å². The van der Waals surface area contributed by atoms with Gasteiger partial charge in [-0.05, 0) is 43.5 Å². The third-order valence-electron chi connectivity index (χ3n) is 3.11. The maximum absolute atomic E-state index is 11.8. The van der Waals surface area contributed by atoms with E-state index in [0.29, 0.717) is 5.56 Å². The summed E-state index contributed by atoms with van der Waals surface area (Å²) in [6.07, 6.45) is 5.21. The highest BCUT2D eigenvalue weighted by molar-refractivity contribution is 5.94. The normalized spacial score (nSPS) is 16.0. The minimum Gasteiger partial charge on any atom is -0.459 e. The number of H-pyrrole nitrogens is 1. The minimum atomic E-state index is -0.201. The Morgan fingerprint density at radius 3 is 2.94 bits per heavy atom. The molecule has 1 fully saturated rings. The number of fused-ring (bicyclic) bond motifs is 1. The Balaban J connectivity index is 1.83. The molecule has 16 heavy (non-hydrogen) atoms. The van der Waals surface area contributed by atoms with Gasteiger partial charge in [0, 0.05) is 17.1 Å². The molecular weight excluding hydrogens is 202 g/mol. The van der Waals surface area contributed by atoms with Gasteiger partial charge in [0.15, 0.2) is 0 Å². The fraction of sp³-hybridized carbons (Fsp3) is 0.308. The van der Waals surface area contributed by atoms with Gasteiger partial charge in [0.25, 0.3) is 0 Å². The third kappa shape index (κ3) is 1.58. The fourth-order valence-electron chi connectivity index (χ4n) is 1.89. The van der Waals surface area contributed by atoms with Gasteiger partial charge in [-0.3, -0.25) is 0 Å². The summed E-state index contributed by atoms with van der Waals surface area (Å²) in [7, 11) is 0. The molecule has 1 heterocycles. The second-order valence-electron chi connectivity index (χ2n) is 4.24. The summed E-state index contributed by atoms with van der Waals surface area (Å²) in [5, 5.41) is 1.04. The lowest BCUT2D eigenvalue weighted by Crippen LogP contribution is -2.24. The van der Waals surface area contributed by atoms with Crippen molar-refractivity contribution < 1.29 is 9.53 Å². The molecule has 0 spiro atoms. The van der Waals surface area contributed by atoms with Crippen LogP contribution < -0.4 is 0 Å². The Bertz CT molecular complexity index is 525. The summed E-state index contributed by atoms with van der Waals surface area (Å²) in [5.41, 5.74) is 1.68. The van der Waals surface area contributed by atoms with Gasteiger partial charge in [-0.25, -0.2) is 4.79 Å². The van der Waals surface area contributed by atoms with Gasteiger partial charge in [0.2, 0.25) is 0 Å². The Hall–Kier alpha value is -1.77. The van der Waals surface area contributed by atoms with Crippen molar-refractivity contribution >= 4 is 16.9 Å². The quantitative estimate of drug-likeness (QED) is 0.782. The number of hydrogen-bond acceptors (Lipinski definition) is 2. The molecule has 1 aromatic carbocycles. The molecule has 0 aliphatic heterocycles. The van der Waals surface area contributed by atoms with Crippen molar-refractivity contribution in [1.82, 2.24) is 4.98 Å². The molecule has 0 saturated heterocycles. The Kier molecular flexibility index (Phi) is 2.17. The SMILES string of the molecule is O=C(OC1CCC1)c1ccc2[nH]ccc2c1. The first-order valence-corrected chi connectivity index (χ1v) is 5.61. The van der Waals surface area contributed by atoms with Crippen LogP contribution in [-0.4, -0.2) is 17.1 Å². The lowest BCUT2D eigenvalue weighted by atomic mass is 9.96. The van der Waals surface area contributed by atoms with Gasteiger partial charge in [-0.15, -0.1) is 0 Å². The molecule has 0 unspecified atom stereocenters. The number of carbonyl (C=O) groups is 1. The van der Waals surface area contributed by atoms with E-state index in [-0.39, 0.29) is 12.1 Å². The predicted octanol–water partition coefficient (Wildman–Crippen LogP) is 2.88. The molecule has 3 heteroatoms. The van der Waals surface area contributed by atoms with Crippen molar-refractivity contribution in [2.45, 2.75) is 25.4 Å². The molecule has 1 N–H and O–H groups in total. The molecule has 3 rings (SSSR count). The van der Waals surface area contributed by atoms with Crippen LogP contribution in [0.2, 0.25) is 0 Å². The van der Waals surface area contributed by atoms with Crippen LogP contribution in [0.5, 0.6) is 0 Å². The minimum absolute atomic E-state index is 0.148. The summed E-state index contributed by atoms with van der Waals surface area (Å²) in [5.74, 6) is -0.201. The first-order valence-electron chi connectivity index (χ1n) is 5.61. The first-order chi connectivity index (χ1) is 7.83. The van der Waals surface area contributed by atoms with E-state index in [1.54, 1.807) is 6.07 Å². The van der Waals surface area contributed by atoms with E-state index in [9.17, 15) is 4.79 Å². The number of nitrogens with one attached hydrogen (secondary N) is 1. The zero-order chi connectivity index (χ0) is 11.0. The van der Waals surface area contributed by atoms with E-state index in [1.165, 1.54) is 6.42 Å². The molecule has 3 nitrogen and oxygen atoms in total. The Morgan fingerprint density at radius 2 is 2.19 bits per heavy atom. The summed E-state index contributed by atoms with van der Waals surface area (Å²) in [6.45, 7) is 0. The van der Waals surface area contributed by atoms with Crippen molar-refractivity contribution in [3.63, 3.8) is 0 Å². The second-order valence-corrected chi connectivity index (χ2v) is 4.24. The van der Waals surface area contributed by atoms with Gasteiger partial charge in [0.1, 0.15) is 6.10 Å². The average molecular weight is 215 g/mol. The highest BCUT2D eigenvalue weighted by Crippen LogP contribution is 2.23. The van der Waals surface area contributed by atoms with E-state index in [2.05, 4.69) is 4.98 Å². The second kappa shape index (κ2) is 3.67. The van der Waals surface area contributed by atoms with Crippen LogP contribution in [0.25, 0.3) is 10.9 Å². The standard InChI is InChI=1S/C13H13NO2/c15-13(16-11-2-1-3-11)10-4-5-12-9(8-10)6-7-14-12/h4-8,11,14H,1-3H2. The fourth-order valence-corrected chi connectivity index (χ4v) is 1.89. The van der Waals surface area contributed by atoms with E-state index in [4.69, 9.17) is 4.74 Å². The number of carbonyl (C=O) groups excluding carboxylic acids is 1. The first kappa shape index (κ1) is 9.46. The zero-order valence-electron chi connectivity index (χ0n) is 8.90. The number of benzene rings is 1. The number of aromatic nitrogens is 1. The van der Waals surface area contributed by atoms with E-state index >= 15 is 0 Å². The van der Waals surface area contributed by atoms with Gasteiger partial charge >= 0.3 is 5.97 Å². The Labute approximate surface area is 93.4 Å². The topological polar surface area (TPSA) is 42.1 Å². The number of ether oxygens (including phenoxy) is 1. The van der Waals surface area contributed by atoms with E-state index < -0.39 is 0 Å². The molecule has 0 radical (unpaired) electrons. The Morgan fingerprint density at radius 1 is 1.31 bits per heavy atom. The molecule has 1 aromatic heterocycles. The van der Waals surface area contributed by atoms with Crippen molar-refractivity contribution in [1.29, 1.82) is 0 Å². The molecule has 0 amide bonds. The molecular formula is C13H13NO2. The van der Waals surface area contributed by atoms with Gasteiger partial charge in [0.05, 0.1) is 5.56 Å². The molecule has 1 aliphatic carbocycles. The molecule has 1 saturated carbocycles. The molecule has 0 atom stereocenters. The van der Waals surface area contributed by atoms with E-state index in [0.717, 1.165) is 23.7 Å². The molecule has 0 bridgehead atoms. The van der Waals surface area contributed by atoms with Crippen LogP contribution in [-0.2, 0) is 4.74 Å². The van der Waals surface area contributed by atoms with E-state index in [1.807, 2.05) is 24.4 Å². The maximum Gasteiger partial charge on any atom is 0.338 e. The maximum atomic E-state index is 11.8. The van der Waals surface area contributed by atoms with Gasteiger partial charge in [-0.1, -0.05) is 0 Å². The lowest BCUT2D eigenvalue weighted by Gasteiger charge is -2.25. The lowest BCUT2D eigenvalue weighted by molar-refractivity contribution is 0.00903. The van der Waals surface area contributed by atoms with Crippen LogP contribution in [0, 0.1) is 0 Å². The van der Waals surface area contributed by atoms with Crippen molar-refractivity contribution in [2.75, 3.05) is 0 Å². The summed E-state index contributed by atoms with van der Waals surface area (Å²) in [4.78, 5) is 14.9. The van der Waals surface area contributed by atoms with Crippen LogP contribution in [0.1, 0.15) is 29.6 Å². The van der Waals surface area contributed by atoms with Gasteiger partial charge in [-0.2, -0.15) is 0 Å². The van der Waals surface area contributed by atoms with Gasteiger partial charge < -0.3 is 9.72 Å². The summed E-state index contributed by atoms with van der Waals surface area (Å²) >= 11 is 0. The number of esters is 1. The average Bonchev–Trinajstić information content (AvgIpc) is 2.69. The highest BCUT2D eigenvalue weighted by atomic mass is 16.5. The van der Waals surface area contributed by atoms with Crippen LogP contribution in [0.3, 0.4) is 0 Å². The smallest absolute Gasteiger partial charge is 0.338 e. The number of rotatable bonds is 2. The predicted molar refractivity (Wildman–Crippen MR) is 61.4 cm³/mol. The van der Waals surface area contributed by atoms with Crippen molar-refractivity contribution in [3.05, 3.63) is 36.0 Å². The van der Waals surface area contributed by atoms with Crippen LogP contribution in [0.15, 0.2) is 30.5 Å². The molecule has 1 aliphatic rings. The van der Waals surface area contributed by atoms with Crippen molar-refractivity contribution in [3.8, 4) is 0 Å². The zero-order valence-corrected chi connectivity index (χ0v) is 8.90. The largest absolute Gasteiger partial charge is 0.459 e. The molecule has 2 aromatic rings. The molecule has 82 valence electrons. The number of hydrogen-bond donors (Lipinski definition) is 1. The highest BCUT2D eigenvalue weighted by Gasteiger charge is 2.22. The number of aromatic amines is 1. The third-order valence-corrected chi connectivity index (χ3v) is 3.11. The van der Waals surface area contributed by atoms with Crippen molar-refractivity contribution in [2.24, 2.45) is 0 Å². The summed E-state index contributed by atoms with van der Waals surface area (Å²) < 4.78 is 5.35. The summed E-state index contributed by atoms with van der Waals surface area (Å²) in [6, 6.07) is 7.54. The monoisotopic (exact) mass is 215 g/mol. The van der Waals surface area contributed by atoms with Crippen LogP contribution in [0.4, 0.5) is 0 Å².